The van der Waals surface area contributed by atoms with Gasteiger partial charge in [-0.2, -0.15) is 11.8 Å². The minimum Gasteiger partial charge on any atom is -0.406 e. The molecular formula is C25H32O2S2Si. The Morgan fingerprint density at radius 2 is 1.50 bits per heavy atom. The van der Waals surface area contributed by atoms with Gasteiger partial charge in [0.2, 0.25) is 0 Å². The molecule has 0 aromatic heterocycles. The average molecular weight is 457 g/mol. The SMILES string of the molecule is CC(C)(C)[Si](OC[C@H]1CC[C@H]([C@@H]2CCC(=O)S2)S1)(c1ccccc1)c1ccccc1. The lowest BCUT2D eigenvalue weighted by Crippen LogP contribution is -2.67. The third-order valence-electron chi connectivity index (χ3n) is 6.37. The van der Waals surface area contributed by atoms with Crippen LogP contribution in [-0.4, -0.2) is 35.8 Å². The van der Waals surface area contributed by atoms with Crippen LogP contribution in [-0.2, 0) is 9.22 Å². The third kappa shape index (κ3) is 4.45. The van der Waals surface area contributed by atoms with Crippen LogP contribution in [0.2, 0.25) is 5.04 Å². The van der Waals surface area contributed by atoms with E-state index in [0.717, 1.165) is 19.4 Å². The molecule has 0 bridgehead atoms. The number of hydrogen-bond donors (Lipinski definition) is 0. The number of rotatable bonds is 6. The zero-order valence-electron chi connectivity index (χ0n) is 18.2. The van der Waals surface area contributed by atoms with Gasteiger partial charge in [0.15, 0.2) is 5.12 Å². The van der Waals surface area contributed by atoms with E-state index < -0.39 is 8.32 Å². The number of hydrogen-bond acceptors (Lipinski definition) is 4. The molecule has 0 saturated carbocycles. The van der Waals surface area contributed by atoms with Gasteiger partial charge in [-0.25, -0.2) is 0 Å². The number of carbonyl (C=O) groups excluding carboxylic acids is 1. The van der Waals surface area contributed by atoms with Gasteiger partial charge in [0.25, 0.3) is 8.32 Å². The largest absolute Gasteiger partial charge is 0.406 e. The van der Waals surface area contributed by atoms with Crippen LogP contribution in [0.5, 0.6) is 0 Å². The van der Waals surface area contributed by atoms with Crippen molar-refractivity contribution in [2.75, 3.05) is 6.61 Å². The molecule has 0 aliphatic carbocycles. The van der Waals surface area contributed by atoms with Gasteiger partial charge in [-0.05, 0) is 34.7 Å². The van der Waals surface area contributed by atoms with Crippen molar-refractivity contribution in [3.63, 3.8) is 0 Å². The molecular weight excluding hydrogens is 424 g/mol. The average Bonchev–Trinajstić information content (AvgIpc) is 3.38. The maximum absolute atomic E-state index is 11.7. The molecule has 4 rings (SSSR count). The fraction of sp³-hybridized carbons (Fsp3) is 0.480. The Morgan fingerprint density at radius 3 is 2.00 bits per heavy atom. The van der Waals surface area contributed by atoms with E-state index in [1.807, 2.05) is 0 Å². The molecule has 2 fully saturated rings. The van der Waals surface area contributed by atoms with Crippen molar-refractivity contribution < 1.29 is 9.22 Å². The monoisotopic (exact) mass is 456 g/mol. The summed E-state index contributed by atoms with van der Waals surface area (Å²) in [5.74, 6) is 0. The highest BCUT2D eigenvalue weighted by Gasteiger charge is 2.50. The minimum absolute atomic E-state index is 0.0199. The molecule has 2 aromatic rings. The topological polar surface area (TPSA) is 26.3 Å². The first-order valence-electron chi connectivity index (χ1n) is 11.0. The van der Waals surface area contributed by atoms with Crippen LogP contribution in [0.15, 0.2) is 60.7 Å². The van der Waals surface area contributed by atoms with E-state index in [4.69, 9.17) is 4.43 Å². The molecule has 0 unspecified atom stereocenters. The number of benzene rings is 2. The Morgan fingerprint density at radius 1 is 0.900 bits per heavy atom. The van der Waals surface area contributed by atoms with Crippen LogP contribution in [0.4, 0.5) is 0 Å². The summed E-state index contributed by atoms with van der Waals surface area (Å²) in [6, 6.07) is 21.8. The first-order valence-corrected chi connectivity index (χ1v) is 14.7. The molecule has 3 atom stereocenters. The van der Waals surface area contributed by atoms with Crippen LogP contribution < -0.4 is 10.4 Å². The van der Waals surface area contributed by atoms with Gasteiger partial charge in [0, 0.05) is 28.8 Å². The van der Waals surface area contributed by atoms with E-state index >= 15 is 0 Å². The van der Waals surface area contributed by atoms with Crippen molar-refractivity contribution in [3.05, 3.63) is 60.7 Å². The van der Waals surface area contributed by atoms with Crippen LogP contribution in [0.3, 0.4) is 0 Å². The van der Waals surface area contributed by atoms with Crippen LogP contribution in [0, 0.1) is 0 Å². The van der Waals surface area contributed by atoms with Crippen molar-refractivity contribution >= 4 is 47.3 Å². The Balaban J connectivity index is 1.57. The van der Waals surface area contributed by atoms with Gasteiger partial charge < -0.3 is 4.43 Å². The lowest BCUT2D eigenvalue weighted by atomic mass is 10.1. The van der Waals surface area contributed by atoms with Crippen molar-refractivity contribution in [1.82, 2.24) is 0 Å². The third-order valence-corrected chi connectivity index (χ3v) is 14.6. The van der Waals surface area contributed by atoms with E-state index in [9.17, 15) is 4.79 Å². The highest BCUT2D eigenvalue weighted by atomic mass is 32.2. The molecule has 0 radical (unpaired) electrons. The van der Waals surface area contributed by atoms with E-state index in [-0.39, 0.29) is 5.04 Å². The van der Waals surface area contributed by atoms with E-state index in [1.165, 1.54) is 23.2 Å². The fourth-order valence-electron chi connectivity index (χ4n) is 4.92. The van der Waals surface area contributed by atoms with Crippen LogP contribution >= 0.6 is 23.5 Å². The Kier molecular flexibility index (Phi) is 6.83. The second-order valence-corrected chi connectivity index (χ2v) is 16.6. The van der Waals surface area contributed by atoms with E-state index in [2.05, 4.69) is 93.2 Å². The molecule has 0 N–H and O–H groups in total. The van der Waals surface area contributed by atoms with Crippen molar-refractivity contribution in [2.45, 2.75) is 67.2 Å². The fourth-order valence-corrected chi connectivity index (χ4v) is 12.6. The summed E-state index contributed by atoms with van der Waals surface area (Å²) in [4.78, 5) is 11.7. The predicted molar refractivity (Wildman–Crippen MR) is 134 cm³/mol. The first kappa shape index (κ1) is 22.2. The molecule has 160 valence electrons. The van der Waals surface area contributed by atoms with Gasteiger partial charge in [-0.15, -0.1) is 0 Å². The molecule has 2 saturated heterocycles. The Labute approximate surface area is 190 Å². The predicted octanol–water partition coefficient (Wildman–Crippen LogP) is 5.25. The summed E-state index contributed by atoms with van der Waals surface area (Å²) < 4.78 is 7.13. The molecule has 2 heterocycles. The summed E-state index contributed by atoms with van der Waals surface area (Å²) in [5.41, 5.74) is 0. The first-order chi connectivity index (χ1) is 14.4. The van der Waals surface area contributed by atoms with Crippen LogP contribution in [0.1, 0.15) is 46.5 Å². The van der Waals surface area contributed by atoms with E-state index in [1.54, 1.807) is 11.8 Å². The van der Waals surface area contributed by atoms with Gasteiger partial charge in [0.1, 0.15) is 0 Å². The number of carbonyl (C=O) groups is 1. The van der Waals surface area contributed by atoms with Gasteiger partial charge in [-0.3, -0.25) is 4.79 Å². The van der Waals surface area contributed by atoms with Crippen LogP contribution in [0.25, 0.3) is 0 Å². The normalized spacial score (nSPS) is 25.0. The standard InChI is InChI=1S/C25H32O2S2Si/c1-25(2,3)30(20-10-6-4-7-11-20,21-12-8-5-9-13-21)27-18-19-14-15-22(28-19)23-16-17-24(26)29-23/h4-13,19,22-23H,14-18H2,1-3H3/t19-,22-,23+/m1/s1. The molecule has 0 amide bonds. The minimum atomic E-state index is -2.45. The van der Waals surface area contributed by atoms with Crippen molar-refractivity contribution in [2.24, 2.45) is 0 Å². The smallest absolute Gasteiger partial charge is 0.261 e. The number of thioether (sulfide) groups is 2. The van der Waals surface area contributed by atoms with Gasteiger partial charge in [0.05, 0.1) is 0 Å². The molecule has 5 heteroatoms. The molecule has 30 heavy (non-hydrogen) atoms. The lowest BCUT2D eigenvalue weighted by Gasteiger charge is -2.43. The summed E-state index contributed by atoms with van der Waals surface area (Å²) in [7, 11) is -2.45. The zero-order valence-corrected chi connectivity index (χ0v) is 20.8. The van der Waals surface area contributed by atoms with Crippen molar-refractivity contribution in [3.8, 4) is 0 Å². The maximum atomic E-state index is 11.7. The zero-order chi connectivity index (χ0) is 21.2. The Bertz CT molecular complexity index is 811. The Hall–Kier alpha value is -1.01. The molecule has 2 aliphatic heterocycles. The second-order valence-electron chi connectivity index (χ2n) is 9.42. The highest BCUT2D eigenvalue weighted by Crippen LogP contribution is 2.45. The molecule has 0 spiro atoms. The summed E-state index contributed by atoms with van der Waals surface area (Å²) >= 11 is 3.67. The van der Waals surface area contributed by atoms with Crippen molar-refractivity contribution in [1.29, 1.82) is 0 Å². The van der Waals surface area contributed by atoms with E-state index in [0.29, 0.717) is 20.9 Å². The van der Waals surface area contributed by atoms with Gasteiger partial charge in [-0.1, -0.05) is 93.2 Å². The summed E-state index contributed by atoms with van der Waals surface area (Å²) in [6.07, 6.45) is 4.22. The summed E-state index contributed by atoms with van der Waals surface area (Å²) in [6.45, 7) is 7.81. The second kappa shape index (κ2) is 9.23. The van der Waals surface area contributed by atoms with Gasteiger partial charge >= 0.3 is 0 Å². The summed E-state index contributed by atoms with van der Waals surface area (Å²) in [5, 5.41) is 4.74. The highest BCUT2D eigenvalue weighted by molar-refractivity contribution is 8.15. The maximum Gasteiger partial charge on any atom is 0.261 e. The molecule has 2 aliphatic rings. The quantitative estimate of drug-likeness (QED) is 0.555. The molecule has 2 aromatic carbocycles. The lowest BCUT2D eigenvalue weighted by molar-refractivity contribution is -0.110. The molecule has 2 nitrogen and oxygen atoms in total.